The highest BCUT2D eigenvalue weighted by molar-refractivity contribution is 7.89. The maximum atomic E-state index is 12.3. The van der Waals surface area contributed by atoms with Crippen molar-refractivity contribution in [1.29, 1.82) is 0 Å². The number of nitrogens with zero attached hydrogens (tertiary/aromatic N) is 1. The van der Waals surface area contributed by atoms with Crippen molar-refractivity contribution in [2.24, 2.45) is 0 Å². The average molecular weight is 330 g/mol. The predicted molar refractivity (Wildman–Crippen MR) is 80.6 cm³/mol. The molecule has 1 N–H and O–H groups in total. The lowest BCUT2D eigenvalue weighted by atomic mass is 10.4. The summed E-state index contributed by atoms with van der Waals surface area (Å²) < 4.78 is 51.7. The minimum Gasteiger partial charge on any atom is -0.207 e. The predicted octanol–water partition coefficient (Wildman–Crippen LogP) is 0.629. The Morgan fingerprint density at radius 1 is 1.05 bits per heavy atom. The highest BCUT2D eigenvalue weighted by Crippen LogP contribution is 2.18. The van der Waals surface area contributed by atoms with Crippen LogP contribution in [0.4, 0.5) is 0 Å². The second kappa shape index (κ2) is 7.04. The van der Waals surface area contributed by atoms with E-state index < -0.39 is 20.0 Å². The van der Waals surface area contributed by atoms with Gasteiger partial charge in [0.05, 0.1) is 16.3 Å². The first-order chi connectivity index (χ1) is 9.79. The van der Waals surface area contributed by atoms with Crippen molar-refractivity contribution in [1.82, 2.24) is 9.03 Å². The Kier molecular flexibility index (Phi) is 5.92. The molecule has 0 amide bonds. The van der Waals surface area contributed by atoms with Crippen molar-refractivity contribution >= 4 is 20.0 Å². The Bertz CT molecular complexity index is 712. The van der Waals surface area contributed by atoms with E-state index in [2.05, 4.69) is 10.6 Å². The van der Waals surface area contributed by atoms with Gasteiger partial charge in [0.25, 0.3) is 0 Å². The Morgan fingerprint density at radius 2 is 1.52 bits per heavy atom. The molecule has 0 saturated carbocycles. The summed E-state index contributed by atoms with van der Waals surface area (Å²) in [7, 11) is -7.31. The van der Waals surface area contributed by atoms with E-state index >= 15 is 0 Å². The Labute approximate surface area is 126 Å². The molecule has 0 aromatic heterocycles. The molecule has 0 bridgehead atoms. The molecule has 0 fully saturated rings. The number of hydrogen-bond acceptors (Lipinski definition) is 4. The van der Waals surface area contributed by atoms with Crippen LogP contribution >= 0.6 is 0 Å². The number of sulfonamides is 2. The van der Waals surface area contributed by atoms with Crippen LogP contribution in [0.15, 0.2) is 34.1 Å². The van der Waals surface area contributed by atoms with Crippen LogP contribution < -0.4 is 4.72 Å². The van der Waals surface area contributed by atoms with E-state index in [0.29, 0.717) is 13.1 Å². The smallest absolute Gasteiger partial charge is 0.207 e. The molecule has 0 atom stereocenters. The van der Waals surface area contributed by atoms with E-state index in [1.54, 1.807) is 13.8 Å². The maximum Gasteiger partial charge on any atom is 0.243 e. The molecule has 6 nitrogen and oxygen atoms in total. The lowest BCUT2D eigenvalue weighted by molar-refractivity contribution is 0.445. The second-order valence-corrected chi connectivity index (χ2v) is 7.79. The van der Waals surface area contributed by atoms with E-state index in [-0.39, 0.29) is 16.3 Å². The van der Waals surface area contributed by atoms with Gasteiger partial charge in [-0.1, -0.05) is 19.8 Å². The molecule has 0 aliphatic rings. The van der Waals surface area contributed by atoms with Gasteiger partial charge >= 0.3 is 0 Å². The fraction of sp³-hybridized carbons (Fsp3) is 0.385. The third-order valence-corrected chi connectivity index (χ3v) is 6.32. The van der Waals surface area contributed by atoms with Crippen molar-refractivity contribution in [3.63, 3.8) is 0 Å². The van der Waals surface area contributed by atoms with E-state index in [1.807, 2.05) is 0 Å². The fourth-order valence-electron chi connectivity index (χ4n) is 1.72. The van der Waals surface area contributed by atoms with Crippen LogP contribution in [0.5, 0.6) is 0 Å². The van der Waals surface area contributed by atoms with Crippen molar-refractivity contribution in [2.45, 2.75) is 23.6 Å². The number of rotatable bonds is 7. The van der Waals surface area contributed by atoms with Gasteiger partial charge in [0.1, 0.15) is 0 Å². The number of nitrogens with one attached hydrogen (secondary N) is 1. The van der Waals surface area contributed by atoms with E-state index in [9.17, 15) is 16.8 Å². The lowest BCUT2D eigenvalue weighted by Gasteiger charge is -2.18. The first-order valence-corrected chi connectivity index (χ1v) is 9.25. The topological polar surface area (TPSA) is 83.5 Å². The lowest BCUT2D eigenvalue weighted by Crippen LogP contribution is -2.30. The minimum absolute atomic E-state index is 0.0313. The molecule has 0 heterocycles. The van der Waals surface area contributed by atoms with Gasteiger partial charge in [-0.2, -0.15) is 9.03 Å². The van der Waals surface area contributed by atoms with Crippen LogP contribution in [0.25, 0.3) is 0 Å². The Balaban J connectivity index is 3.12. The van der Waals surface area contributed by atoms with Crippen LogP contribution in [0.3, 0.4) is 0 Å². The van der Waals surface area contributed by atoms with Crippen LogP contribution in [-0.2, 0) is 20.0 Å². The summed E-state index contributed by atoms with van der Waals surface area (Å²) in [5, 5.41) is 0. The summed E-state index contributed by atoms with van der Waals surface area (Å²) in [6, 6.07) is 5.04. The third kappa shape index (κ3) is 4.04. The summed E-state index contributed by atoms with van der Waals surface area (Å²) >= 11 is 0. The molecule has 1 aromatic carbocycles. The molecule has 116 valence electrons. The first-order valence-electron chi connectivity index (χ1n) is 6.33. The van der Waals surface area contributed by atoms with Gasteiger partial charge < -0.3 is 0 Å². The van der Waals surface area contributed by atoms with Crippen molar-refractivity contribution in [2.75, 3.05) is 19.6 Å². The van der Waals surface area contributed by atoms with Gasteiger partial charge in [-0.25, -0.2) is 16.8 Å². The number of terminal acetylenes is 1. The molecule has 0 aliphatic carbocycles. The summed E-state index contributed by atoms with van der Waals surface area (Å²) in [4.78, 5) is 0.0262. The Morgan fingerprint density at radius 3 is 1.95 bits per heavy atom. The third-order valence-electron chi connectivity index (χ3n) is 2.84. The van der Waals surface area contributed by atoms with Crippen LogP contribution in [0.1, 0.15) is 13.8 Å². The zero-order chi connectivity index (χ0) is 16.1. The van der Waals surface area contributed by atoms with Gasteiger partial charge in [-0.05, 0) is 24.3 Å². The zero-order valence-corrected chi connectivity index (χ0v) is 13.5. The highest BCUT2D eigenvalue weighted by atomic mass is 32.2. The normalized spacial score (nSPS) is 12.3. The summed E-state index contributed by atoms with van der Waals surface area (Å²) in [5.74, 6) is 2.17. The zero-order valence-electron chi connectivity index (χ0n) is 11.9. The monoisotopic (exact) mass is 330 g/mol. The molecule has 0 unspecified atom stereocenters. The van der Waals surface area contributed by atoms with E-state index in [0.717, 1.165) is 0 Å². The Hall–Kier alpha value is -1.40. The molecule has 21 heavy (non-hydrogen) atoms. The average Bonchev–Trinajstić information content (AvgIpc) is 2.46. The van der Waals surface area contributed by atoms with E-state index in [4.69, 9.17) is 6.42 Å². The standard InChI is InChI=1S/C13H18N2O4S2/c1-4-11-14-20(16,17)12-7-9-13(10-8-12)21(18,19)15(5-2)6-3/h1,7-10,14H,5-6,11H2,2-3H3. The highest BCUT2D eigenvalue weighted by Gasteiger charge is 2.22. The van der Waals surface area contributed by atoms with Crippen molar-refractivity contribution < 1.29 is 16.8 Å². The number of benzene rings is 1. The molecule has 0 aliphatic heterocycles. The van der Waals surface area contributed by atoms with Gasteiger partial charge in [0.2, 0.25) is 20.0 Å². The molecule has 0 spiro atoms. The van der Waals surface area contributed by atoms with Crippen molar-refractivity contribution in [3.05, 3.63) is 24.3 Å². The SMILES string of the molecule is C#CCNS(=O)(=O)c1ccc(S(=O)(=O)N(CC)CC)cc1. The van der Waals surface area contributed by atoms with Crippen LogP contribution in [-0.4, -0.2) is 40.8 Å². The van der Waals surface area contributed by atoms with Crippen LogP contribution in [0.2, 0.25) is 0 Å². The largest absolute Gasteiger partial charge is 0.243 e. The summed E-state index contributed by atoms with van der Waals surface area (Å²) in [6.07, 6.45) is 5.00. The molecule has 0 radical (unpaired) electrons. The molecular weight excluding hydrogens is 312 g/mol. The molecule has 1 rings (SSSR count). The van der Waals surface area contributed by atoms with Crippen molar-refractivity contribution in [3.8, 4) is 12.3 Å². The number of hydrogen-bond donors (Lipinski definition) is 1. The van der Waals surface area contributed by atoms with Gasteiger partial charge in [0.15, 0.2) is 0 Å². The molecule has 8 heteroatoms. The van der Waals surface area contributed by atoms with Gasteiger partial charge in [-0.15, -0.1) is 6.42 Å². The molecule has 0 saturated heterocycles. The quantitative estimate of drug-likeness (QED) is 0.743. The van der Waals surface area contributed by atoms with E-state index in [1.165, 1.54) is 28.6 Å². The minimum atomic E-state index is -3.72. The summed E-state index contributed by atoms with van der Waals surface area (Å²) in [5.41, 5.74) is 0. The summed E-state index contributed by atoms with van der Waals surface area (Å²) in [6.45, 7) is 4.06. The maximum absolute atomic E-state index is 12.3. The van der Waals surface area contributed by atoms with Gasteiger partial charge in [-0.3, -0.25) is 0 Å². The first kappa shape index (κ1) is 17.7. The molecular formula is C13H18N2O4S2. The fourth-order valence-corrected chi connectivity index (χ4v) is 4.12. The van der Waals surface area contributed by atoms with Crippen LogP contribution in [0, 0.1) is 12.3 Å². The molecule has 1 aromatic rings. The van der Waals surface area contributed by atoms with Gasteiger partial charge in [0, 0.05) is 13.1 Å². The second-order valence-electron chi connectivity index (χ2n) is 4.09.